The molecule has 4 heteroatoms. The summed E-state index contributed by atoms with van der Waals surface area (Å²) in [5.41, 5.74) is 4.30. The highest BCUT2D eigenvalue weighted by Crippen LogP contribution is 2.48. The van der Waals surface area contributed by atoms with E-state index in [1.807, 2.05) is 11.7 Å². The molecule has 0 spiro atoms. The summed E-state index contributed by atoms with van der Waals surface area (Å²) >= 11 is 3.52. The second-order valence-corrected chi connectivity index (χ2v) is 7.29. The van der Waals surface area contributed by atoms with E-state index in [4.69, 9.17) is 0 Å². The third-order valence-corrected chi connectivity index (χ3v) is 4.97. The number of aryl methyl sites for hydroxylation is 2. The molecule has 1 aromatic heterocycles. The predicted octanol–water partition coefficient (Wildman–Crippen LogP) is 3.65. The van der Waals surface area contributed by atoms with Crippen LogP contribution < -0.4 is 0 Å². The van der Waals surface area contributed by atoms with Crippen LogP contribution in [0.2, 0.25) is 0 Å². The van der Waals surface area contributed by atoms with Crippen molar-refractivity contribution in [3.63, 3.8) is 0 Å². The first kappa shape index (κ1) is 14.8. The van der Waals surface area contributed by atoms with Gasteiger partial charge in [0.2, 0.25) is 0 Å². The van der Waals surface area contributed by atoms with Crippen molar-refractivity contribution in [2.75, 3.05) is 13.6 Å². The molecule has 1 fully saturated rings. The molecule has 2 aromatic rings. The van der Waals surface area contributed by atoms with E-state index in [1.54, 1.807) is 0 Å². The third-order valence-electron chi connectivity index (χ3n) is 4.44. The zero-order valence-electron chi connectivity index (χ0n) is 12.9. The van der Waals surface area contributed by atoms with Crippen molar-refractivity contribution in [1.82, 2.24) is 14.7 Å². The maximum atomic E-state index is 4.43. The van der Waals surface area contributed by atoms with Crippen LogP contribution in [0.1, 0.15) is 29.7 Å². The van der Waals surface area contributed by atoms with Gasteiger partial charge in [-0.05, 0) is 44.5 Å². The van der Waals surface area contributed by atoms with Crippen LogP contribution in [0, 0.1) is 6.92 Å². The Morgan fingerprint density at radius 1 is 1.29 bits per heavy atom. The van der Waals surface area contributed by atoms with Gasteiger partial charge in [0, 0.05) is 41.8 Å². The molecule has 3 rings (SSSR count). The molecule has 112 valence electrons. The number of hydrogen-bond donors (Lipinski definition) is 0. The lowest BCUT2D eigenvalue weighted by Crippen LogP contribution is -2.29. The number of halogens is 1. The zero-order valence-corrected chi connectivity index (χ0v) is 14.5. The molecule has 1 aromatic carbocycles. The molecule has 0 unspecified atom stereocenters. The molecule has 1 saturated carbocycles. The Morgan fingerprint density at radius 3 is 2.48 bits per heavy atom. The van der Waals surface area contributed by atoms with Crippen molar-refractivity contribution in [1.29, 1.82) is 0 Å². The van der Waals surface area contributed by atoms with Crippen molar-refractivity contribution in [3.8, 4) is 0 Å². The van der Waals surface area contributed by atoms with E-state index in [0.717, 1.165) is 23.3 Å². The van der Waals surface area contributed by atoms with Gasteiger partial charge in [0.25, 0.3) is 0 Å². The Bertz CT molecular complexity index is 626. The van der Waals surface area contributed by atoms with Gasteiger partial charge in [-0.25, -0.2) is 0 Å². The number of hydrogen-bond acceptors (Lipinski definition) is 2. The molecule has 1 heterocycles. The normalized spacial score (nSPS) is 16.4. The molecule has 0 atom stereocenters. The summed E-state index contributed by atoms with van der Waals surface area (Å²) in [5.74, 6) is 0. The van der Waals surface area contributed by atoms with Crippen LogP contribution in [-0.2, 0) is 19.0 Å². The van der Waals surface area contributed by atoms with Crippen LogP contribution in [0.5, 0.6) is 0 Å². The lowest BCUT2D eigenvalue weighted by atomic mass is 9.95. The number of aromatic nitrogens is 2. The lowest BCUT2D eigenvalue weighted by Gasteiger charge is -2.24. The average Bonchev–Trinajstić information content (AvgIpc) is 3.12. The van der Waals surface area contributed by atoms with Gasteiger partial charge < -0.3 is 4.90 Å². The van der Waals surface area contributed by atoms with Crippen molar-refractivity contribution in [3.05, 3.63) is 51.8 Å². The number of nitrogens with zero attached hydrogens (tertiary/aromatic N) is 3. The maximum absolute atomic E-state index is 4.43. The highest BCUT2D eigenvalue weighted by molar-refractivity contribution is 9.10. The van der Waals surface area contributed by atoms with E-state index in [9.17, 15) is 0 Å². The molecule has 1 aliphatic carbocycles. The molecular formula is C17H22BrN3. The standard InChI is InChI=1S/C17H22BrN3/c1-13-14(11-21(3)19-13)10-20(2)12-17(8-9-17)15-4-6-16(18)7-5-15/h4-7,11H,8-10,12H2,1-3H3. The maximum Gasteiger partial charge on any atom is 0.0638 e. The van der Waals surface area contributed by atoms with Crippen LogP contribution in [0.15, 0.2) is 34.9 Å². The summed E-state index contributed by atoms with van der Waals surface area (Å²) in [5, 5.41) is 4.43. The molecule has 21 heavy (non-hydrogen) atoms. The van der Waals surface area contributed by atoms with Crippen molar-refractivity contribution in [2.24, 2.45) is 7.05 Å². The SMILES string of the molecule is Cc1nn(C)cc1CN(C)CC1(c2ccc(Br)cc2)CC1. The Labute approximate surface area is 135 Å². The molecular weight excluding hydrogens is 326 g/mol. The molecule has 0 N–H and O–H groups in total. The van der Waals surface area contributed by atoms with Gasteiger partial charge in [-0.15, -0.1) is 0 Å². The topological polar surface area (TPSA) is 21.1 Å². The van der Waals surface area contributed by atoms with Gasteiger partial charge >= 0.3 is 0 Å². The minimum absolute atomic E-state index is 0.367. The summed E-state index contributed by atoms with van der Waals surface area (Å²) in [6, 6.07) is 8.84. The minimum Gasteiger partial charge on any atom is -0.301 e. The van der Waals surface area contributed by atoms with Crippen LogP contribution in [-0.4, -0.2) is 28.3 Å². The van der Waals surface area contributed by atoms with Gasteiger partial charge in [0.05, 0.1) is 5.69 Å². The fraction of sp³-hybridized carbons (Fsp3) is 0.471. The first-order chi connectivity index (χ1) is 9.98. The summed E-state index contributed by atoms with van der Waals surface area (Å²) in [6.07, 6.45) is 4.72. The molecule has 0 aliphatic heterocycles. The number of benzene rings is 1. The molecule has 0 radical (unpaired) electrons. The van der Waals surface area contributed by atoms with E-state index < -0.39 is 0 Å². The lowest BCUT2D eigenvalue weighted by molar-refractivity contribution is 0.294. The second-order valence-electron chi connectivity index (χ2n) is 6.37. The molecule has 0 bridgehead atoms. The third kappa shape index (κ3) is 3.22. The Balaban J connectivity index is 1.68. The van der Waals surface area contributed by atoms with Crippen molar-refractivity contribution >= 4 is 15.9 Å². The van der Waals surface area contributed by atoms with Crippen molar-refractivity contribution < 1.29 is 0 Å². The van der Waals surface area contributed by atoms with Crippen molar-refractivity contribution in [2.45, 2.75) is 31.7 Å². The number of rotatable bonds is 5. The second kappa shape index (κ2) is 5.58. The number of likely N-dealkylation sites (N-methyl/N-ethyl adjacent to an activating group) is 1. The highest BCUT2D eigenvalue weighted by atomic mass is 79.9. The quantitative estimate of drug-likeness (QED) is 0.822. The Morgan fingerprint density at radius 2 is 1.95 bits per heavy atom. The van der Waals surface area contributed by atoms with E-state index in [2.05, 4.69) is 70.4 Å². The van der Waals surface area contributed by atoms with Gasteiger partial charge in [0.1, 0.15) is 0 Å². The summed E-state index contributed by atoms with van der Waals surface area (Å²) in [7, 11) is 4.20. The smallest absolute Gasteiger partial charge is 0.0638 e. The Hall–Kier alpha value is -1.13. The van der Waals surface area contributed by atoms with E-state index in [-0.39, 0.29) is 0 Å². The van der Waals surface area contributed by atoms with Gasteiger partial charge in [-0.3, -0.25) is 4.68 Å². The summed E-state index contributed by atoms with van der Waals surface area (Å²) in [6.45, 7) is 4.17. The molecule has 3 nitrogen and oxygen atoms in total. The fourth-order valence-electron chi connectivity index (χ4n) is 3.16. The van der Waals surface area contributed by atoms with E-state index >= 15 is 0 Å². The zero-order chi connectivity index (χ0) is 15.0. The van der Waals surface area contributed by atoms with Gasteiger partial charge in [-0.1, -0.05) is 28.1 Å². The van der Waals surface area contributed by atoms with Crippen LogP contribution in [0.25, 0.3) is 0 Å². The predicted molar refractivity (Wildman–Crippen MR) is 89.3 cm³/mol. The molecule has 1 aliphatic rings. The Kier molecular flexibility index (Phi) is 3.93. The van der Waals surface area contributed by atoms with Crippen LogP contribution >= 0.6 is 15.9 Å². The highest BCUT2D eigenvalue weighted by Gasteiger charge is 2.44. The minimum atomic E-state index is 0.367. The van der Waals surface area contributed by atoms with Crippen LogP contribution in [0.4, 0.5) is 0 Å². The first-order valence-corrected chi connectivity index (χ1v) is 8.21. The van der Waals surface area contributed by atoms with Gasteiger partial charge in [-0.2, -0.15) is 5.10 Å². The fourth-order valence-corrected chi connectivity index (χ4v) is 3.42. The van der Waals surface area contributed by atoms with Gasteiger partial charge in [0.15, 0.2) is 0 Å². The first-order valence-electron chi connectivity index (χ1n) is 7.42. The monoisotopic (exact) mass is 347 g/mol. The van der Waals surface area contributed by atoms with E-state index in [0.29, 0.717) is 5.41 Å². The summed E-state index contributed by atoms with van der Waals surface area (Å²) < 4.78 is 3.06. The molecule has 0 amide bonds. The van der Waals surface area contributed by atoms with E-state index in [1.165, 1.54) is 24.0 Å². The average molecular weight is 348 g/mol. The molecule has 0 saturated heterocycles. The largest absolute Gasteiger partial charge is 0.301 e. The van der Waals surface area contributed by atoms with Crippen LogP contribution in [0.3, 0.4) is 0 Å². The summed E-state index contributed by atoms with van der Waals surface area (Å²) in [4.78, 5) is 2.43.